The number of benzene rings is 2. The van der Waals surface area contributed by atoms with E-state index in [4.69, 9.17) is 4.74 Å². The van der Waals surface area contributed by atoms with Crippen LogP contribution in [0.5, 0.6) is 5.75 Å². The van der Waals surface area contributed by atoms with Crippen LogP contribution < -0.4 is 10.1 Å². The summed E-state index contributed by atoms with van der Waals surface area (Å²) in [5.74, 6) is 1.92. The van der Waals surface area contributed by atoms with Crippen molar-refractivity contribution in [2.75, 3.05) is 12.3 Å². The Labute approximate surface area is 155 Å². The molecule has 0 aliphatic heterocycles. The van der Waals surface area contributed by atoms with E-state index in [9.17, 15) is 4.79 Å². The van der Waals surface area contributed by atoms with Crippen LogP contribution in [0.1, 0.15) is 37.8 Å². The van der Waals surface area contributed by atoms with Crippen molar-refractivity contribution in [2.24, 2.45) is 0 Å². The van der Waals surface area contributed by atoms with Crippen LogP contribution in [0.2, 0.25) is 0 Å². The molecule has 2 aromatic carbocycles. The highest BCUT2D eigenvalue weighted by Crippen LogP contribution is 2.28. The van der Waals surface area contributed by atoms with Crippen LogP contribution >= 0.6 is 11.8 Å². The predicted molar refractivity (Wildman–Crippen MR) is 106 cm³/mol. The van der Waals surface area contributed by atoms with Gasteiger partial charge in [0.05, 0.1) is 0 Å². The molecule has 0 saturated heterocycles. The first-order valence-electron chi connectivity index (χ1n) is 8.70. The van der Waals surface area contributed by atoms with E-state index in [0.29, 0.717) is 12.5 Å². The zero-order chi connectivity index (χ0) is 18.2. The van der Waals surface area contributed by atoms with E-state index in [2.05, 4.69) is 43.4 Å². The van der Waals surface area contributed by atoms with E-state index in [1.807, 2.05) is 31.2 Å². The summed E-state index contributed by atoms with van der Waals surface area (Å²) >= 11 is 1.73. The molecule has 0 saturated carbocycles. The maximum Gasteiger partial charge on any atom is 0.260 e. The van der Waals surface area contributed by atoms with Gasteiger partial charge in [0.15, 0.2) is 6.10 Å². The summed E-state index contributed by atoms with van der Waals surface area (Å²) in [6.45, 7) is 8.71. The lowest BCUT2D eigenvalue weighted by Gasteiger charge is -2.19. The maximum atomic E-state index is 12.3. The van der Waals surface area contributed by atoms with Crippen LogP contribution in [0.25, 0.3) is 0 Å². The van der Waals surface area contributed by atoms with Gasteiger partial charge in [0.2, 0.25) is 0 Å². The Hall–Kier alpha value is -1.94. The number of ether oxygens (including phenoxy) is 1. The Morgan fingerprint density at radius 3 is 2.52 bits per heavy atom. The molecule has 1 N–H and O–H groups in total. The molecule has 3 nitrogen and oxygen atoms in total. The second kappa shape index (κ2) is 9.52. The van der Waals surface area contributed by atoms with Gasteiger partial charge in [0, 0.05) is 17.2 Å². The summed E-state index contributed by atoms with van der Waals surface area (Å²) in [6.07, 6.45) is -0.513. The minimum Gasteiger partial charge on any atom is -0.481 e. The fraction of sp³-hybridized carbons (Fsp3) is 0.381. The molecule has 0 aliphatic rings. The molecule has 134 valence electrons. The van der Waals surface area contributed by atoms with E-state index in [0.717, 1.165) is 22.6 Å². The van der Waals surface area contributed by atoms with Gasteiger partial charge in [-0.15, -0.1) is 11.8 Å². The van der Waals surface area contributed by atoms with Crippen molar-refractivity contribution in [2.45, 2.75) is 44.6 Å². The highest BCUT2D eigenvalue weighted by atomic mass is 32.2. The van der Waals surface area contributed by atoms with Crippen molar-refractivity contribution in [3.05, 3.63) is 59.7 Å². The first-order chi connectivity index (χ1) is 12.0. The average Bonchev–Trinajstić information content (AvgIpc) is 2.59. The summed E-state index contributed by atoms with van der Waals surface area (Å²) in [5, 5.41) is 2.95. The fourth-order valence-corrected chi connectivity index (χ4v) is 3.26. The lowest BCUT2D eigenvalue weighted by molar-refractivity contribution is -0.127. The summed E-state index contributed by atoms with van der Waals surface area (Å²) in [7, 11) is 0. The smallest absolute Gasteiger partial charge is 0.260 e. The van der Waals surface area contributed by atoms with Gasteiger partial charge in [-0.05, 0) is 49.1 Å². The molecule has 0 fully saturated rings. The molecule has 1 atom stereocenters. The first kappa shape index (κ1) is 19.4. The summed E-state index contributed by atoms with van der Waals surface area (Å²) in [4.78, 5) is 13.5. The molecule has 0 bridgehead atoms. The predicted octanol–water partition coefficient (Wildman–Crippen LogP) is 4.79. The van der Waals surface area contributed by atoms with Crippen molar-refractivity contribution in [3.8, 4) is 5.75 Å². The first-order valence-corrected chi connectivity index (χ1v) is 9.68. The summed E-state index contributed by atoms with van der Waals surface area (Å²) < 4.78 is 5.95. The van der Waals surface area contributed by atoms with Gasteiger partial charge < -0.3 is 10.1 Å². The lowest BCUT2D eigenvalue weighted by atomic mass is 10.0. The molecule has 0 aromatic heterocycles. The largest absolute Gasteiger partial charge is 0.481 e. The average molecular weight is 358 g/mol. The Morgan fingerprint density at radius 2 is 1.84 bits per heavy atom. The quantitative estimate of drug-likeness (QED) is 0.545. The Bertz CT molecular complexity index is 686. The molecule has 0 radical (unpaired) electrons. The third-order valence-corrected chi connectivity index (χ3v) is 4.89. The van der Waals surface area contributed by atoms with Gasteiger partial charge in [0.25, 0.3) is 5.91 Å². The number of carbonyl (C=O) groups is 1. The highest BCUT2D eigenvalue weighted by Gasteiger charge is 2.17. The van der Waals surface area contributed by atoms with Crippen molar-refractivity contribution < 1.29 is 9.53 Å². The van der Waals surface area contributed by atoms with Crippen molar-refractivity contribution in [3.63, 3.8) is 0 Å². The van der Waals surface area contributed by atoms with E-state index in [-0.39, 0.29) is 5.91 Å². The molecule has 1 amide bonds. The number of hydrogen-bond acceptors (Lipinski definition) is 3. The number of hydrogen-bond donors (Lipinski definition) is 1. The molecule has 0 spiro atoms. The molecule has 0 aliphatic carbocycles. The Morgan fingerprint density at radius 1 is 1.12 bits per heavy atom. The van der Waals surface area contributed by atoms with Gasteiger partial charge in [-0.3, -0.25) is 4.79 Å². The van der Waals surface area contributed by atoms with Gasteiger partial charge in [-0.2, -0.15) is 0 Å². The van der Waals surface area contributed by atoms with E-state index >= 15 is 0 Å². The van der Waals surface area contributed by atoms with Crippen LogP contribution in [0.15, 0.2) is 53.4 Å². The van der Waals surface area contributed by atoms with Crippen molar-refractivity contribution in [1.82, 2.24) is 5.32 Å². The molecular weight excluding hydrogens is 330 g/mol. The number of amides is 1. The van der Waals surface area contributed by atoms with Crippen LogP contribution in [0.3, 0.4) is 0 Å². The number of rotatable bonds is 8. The van der Waals surface area contributed by atoms with Crippen LogP contribution in [0.4, 0.5) is 0 Å². The molecule has 4 heteroatoms. The van der Waals surface area contributed by atoms with Crippen molar-refractivity contribution in [1.29, 1.82) is 0 Å². The van der Waals surface area contributed by atoms with Gasteiger partial charge >= 0.3 is 0 Å². The van der Waals surface area contributed by atoms with Crippen LogP contribution in [0, 0.1) is 6.92 Å². The lowest BCUT2D eigenvalue weighted by Crippen LogP contribution is -2.37. The fourth-order valence-electron chi connectivity index (χ4n) is 2.47. The minimum atomic E-state index is -0.513. The molecule has 2 aromatic rings. The topological polar surface area (TPSA) is 38.3 Å². The van der Waals surface area contributed by atoms with Gasteiger partial charge in [-0.1, -0.05) is 44.2 Å². The van der Waals surface area contributed by atoms with Gasteiger partial charge in [0.1, 0.15) is 5.75 Å². The number of thioether (sulfide) groups is 1. The second-order valence-corrected chi connectivity index (χ2v) is 7.58. The molecule has 2 rings (SSSR count). The maximum absolute atomic E-state index is 12.3. The monoisotopic (exact) mass is 357 g/mol. The normalized spacial score (nSPS) is 12.0. The van der Waals surface area contributed by atoms with Gasteiger partial charge in [-0.25, -0.2) is 0 Å². The SMILES string of the molecule is Cc1ccc(C(C)C)c(OC(C)C(=O)NCCSc2ccccc2)c1. The number of carbonyl (C=O) groups excluding carboxylic acids is 1. The zero-order valence-electron chi connectivity index (χ0n) is 15.4. The summed E-state index contributed by atoms with van der Waals surface area (Å²) in [6, 6.07) is 16.3. The van der Waals surface area contributed by atoms with E-state index in [1.165, 1.54) is 4.90 Å². The second-order valence-electron chi connectivity index (χ2n) is 6.41. The molecule has 25 heavy (non-hydrogen) atoms. The van der Waals surface area contributed by atoms with E-state index < -0.39 is 6.10 Å². The minimum absolute atomic E-state index is 0.0788. The van der Waals surface area contributed by atoms with Crippen LogP contribution in [-0.2, 0) is 4.79 Å². The molecule has 1 unspecified atom stereocenters. The summed E-state index contributed by atoms with van der Waals surface area (Å²) in [5.41, 5.74) is 2.26. The van der Waals surface area contributed by atoms with E-state index in [1.54, 1.807) is 18.7 Å². The third kappa shape index (κ3) is 6.13. The molecule has 0 heterocycles. The number of nitrogens with one attached hydrogen (secondary N) is 1. The highest BCUT2D eigenvalue weighted by molar-refractivity contribution is 7.99. The zero-order valence-corrected chi connectivity index (χ0v) is 16.2. The van der Waals surface area contributed by atoms with Crippen molar-refractivity contribution >= 4 is 17.7 Å². The third-order valence-electron chi connectivity index (χ3n) is 3.88. The molecular formula is C21H27NO2S. The Balaban J connectivity index is 1.83. The van der Waals surface area contributed by atoms with Crippen LogP contribution in [-0.4, -0.2) is 24.3 Å². The standard InChI is InChI=1S/C21H27NO2S/c1-15(2)19-11-10-16(3)14-20(19)24-17(4)21(23)22-12-13-25-18-8-6-5-7-9-18/h5-11,14-15,17H,12-13H2,1-4H3,(H,22,23). The number of aryl methyl sites for hydroxylation is 1. The Kier molecular flexibility index (Phi) is 7.38.